The smallest absolute Gasteiger partial charge is 0.255 e. The maximum absolute atomic E-state index is 13.7. The lowest BCUT2D eigenvalue weighted by molar-refractivity contribution is -0.162. The Balaban J connectivity index is 1.27. The predicted molar refractivity (Wildman–Crippen MR) is 116 cm³/mol. The van der Waals surface area contributed by atoms with E-state index in [0.717, 1.165) is 63.7 Å². The van der Waals surface area contributed by atoms with Crippen molar-refractivity contribution in [1.29, 1.82) is 0 Å². The number of rotatable bonds is 4. The van der Waals surface area contributed by atoms with Gasteiger partial charge >= 0.3 is 0 Å². The topological polar surface area (TPSA) is 45.7 Å². The van der Waals surface area contributed by atoms with Gasteiger partial charge in [-0.25, -0.2) is 0 Å². The van der Waals surface area contributed by atoms with E-state index in [-0.39, 0.29) is 11.9 Å². The highest BCUT2D eigenvalue weighted by molar-refractivity contribution is 5.86. The summed E-state index contributed by atoms with van der Waals surface area (Å²) in [5.41, 5.74) is 3.42. The first-order valence-corrected chi connectivity index (χ1v) is 11.3. The summed E-state index contributed by atoms with van der Waals surface area (Å²) >= 11 is 0. The second-order valence-electron chi connectivity index (χ2n) is 9.01. The van der Waals surface area contributed by atoms with E-state index in [0.29, 0.717) is 6.04 Å². The number of methoxy groups -OCH3 is 1. The highest BCUT2D eigenvalue weighted by Gasteiger charge is 2.47. The molecule has 0 bridgehead atoms. The van der Waals surface area contributed by atoms with E-state index in [1.54, 1.807) is 13.3 Å². The largest absolute Gasteiger partial charge is 0.368 e. The van der Waals surface area contributed by atoms with Crippen LogP contribution in [0.1, 0.15) is 48.4 Å². The molecule has 158 valence electrons. The van der Waals surface area contributed by atoms with Gasteiger partial charge in [0.1, 0.15) is 5.60 Å². The monoisotopic (exact) mass is 405 g/mol. The van der Waals surface area contributed by atoms with Crippen molar-refractivity contribution in [2.45, 2.75) is 56.2 Å². The quantitative estimate of drug-likeness (QED) is 0.782. The number of piperidine rings is 1. The van der Waals surface area contributed by atoms with E-state index in [2.05, 4.69) is 45.1 Å². The number of aromatic nitrogens is 1. The van der Waals surface area contributed by atoms with Gasteiger partial charge in [-0.05, 0) is 61.3 Å². The minimum atomic E-state index is -0.688. The second-order valence-corrected chi connectivity index (χ2v) is 9.01. The minimum Gasteiger partial charge on any atom is -0.368 e. The fourth-order valence-corrected chi connectivity index (χ4v) is 5.74. The number of ether oxygens (including phenoxy) is 1. The van der Waals surface area contributed by atoms with Crippen LogP contribution in [0.15, 0.2) is 48.8 Å². The average Bonchev–Trinajstić information content (AvgIpc) is 3.46. The first kappa shape index (κ1) is 19.7. The number of pyridine rings is 1. The first-order valence-electron chi connectivity index (χ1n) is 11.3. The lowest BCUT2D eigenvalue weighted by Gasteiger charge is -2.44. The molecular formula is C25H31N3O2. The van der Waals surface area contributed by atoms with Crippen molar-refractivity contribution in [3.05, 3.63) is 65.5 Å². The third-order valence-corrected chi connectivity index (χ3v) is 7.51. The number of amides is 1. The van der Waals surface area contributed by atoms with Crippen LogP contribution in [0.2, 0.25) is 0 Å². The molecule has 5 rings (SSSR count). The van der Waals surface area contributed by atoms with Gasteiger partial charge in [-0.1, -0.05) is 30.3 Å². The lowest BCUT2D eigenvalue weighted by Crippen LogP contribution is -2.57. The number of carbonyl (C=O) groups is 1. The molecule has 2 fully saturated rings. The standard InChI is InChI=1S/C25H31N3O2/c1-30-25(24(29)28-13-5-9-23(28)21-8-4-12-26-18-21)10-14-27(15-11-25)22-16-19-6-2-3-7-20(19)17-22/h2-4,6-8,12,18,22-23H,5,9-11,13-17H2,1H3. The van der Waals surface area contributed by atoms with Gasteiger partial charge in [-0.2, -0.15) is 0 Å². The summed E-state index contributed by atoms with van der Waals surface area (Å²) < 4.78 is 5.98. The number of likely N-dealkylation sites (tertiary alicyclic amines) is 2. The van der Waals surface area contributed by atoms with Crippen molar-refractivity contribution < 1.29 is 9.53 Å². The Bertz CT molecular complexity index is 867. The average molecular weight is 406 g/mol. The highest BCUT2D eigenvalue weighted by Crippen LogP contribution is 2.38. The summed E-state index contributed by atoms with van der Waals surface area (Å²) in [5, 5.41) is 0. The Morgan fingerprint density at radius 2 is 1.80 bits per heavy atom. The van der Waals surface area contributed by atoms with Crippen LogP contribution in [-0.4, -0.2) is 59.1 Å². The van der Waals surface area contributed by atoms with Crippen LogP contribution in [0.25, 0.3) is 0 Å². The zero-order chi connectivity index (χ0) is 20.6. The van der Waals surface area contributed by atoms with E-state index in [9.17, 15) is 4.79 Å². The van der Waals surface area contributed by atoms with Crippen LogP contribution >= 0.6 is 0 Å². The molecule has 5 nitrogen and oxygen atoms in total. The summed E-state index contributed by atoms with van der Waals surface area (Å²) in [5.74, 6) is 0.172. The molecule has 3 aliphatic rings. The van der Waals surface area contributed by atoms with Crippen LogP contribution in [0, 0.1) is 0 Å². The third kappa shape index (κ3) is 3.44. The van der Waals surface area contributed by atoms with Crippen molar-refractivity contribution in [1.82, 2.24) is 14.8 Å². The van der Waals surface area contributed by atoms with Crippen LogP contribution in [-0.2, 0) is 22.4 Å². The van der Waals surface area contributed by atoms with Crippen molar-refractivity contribution in [3.8, 4) is 0 Å². The normalized spacial score (nSPS) is 24.2. The SMILES string of the molecule is COC1(C(=O)N2CCCC2c2cccnc2)CCN(C2Cc3ccccc3C2)CC1. The molecule has 1 atom stereocenters. The van der Waals surface area contributed by atoms with Gasteiger partial charge in [0.15, 0.2) is 0 Å². The zero-order valence-corrected chi connectivity index (χ0v) is 17.8. The summed E-state index contributed by atoms with van der Waals surface area (Å²) in [7, 11) is 1.72. The van der Waals surface area contributed by atoms with Gasteiger partial charge in [-0.3, -0.25) is 14.7 Å². The number of benzene rings is 1. The molecule has 0 saturated carbocycles. The molecule has 0 N–H and O–H groups in total. The van der Waals surface area contributed by atoms with Gasteiger partial charge in [0.05, 0.1) is 6.04 Å². The molecule has 2 saturated heterocycles. The molecule has 3 heterocycles. The molecule has 1 aliphatic carbocycles. The molecule has 0 spiro atoms. The maximum atomic E-state index is 13.7. The Hall–Kier alpha value is -2.24. The van der Waals surface area contributed by atoms with Gasteiger partial charge < -0.3 is 9.64 Å². The van der Waals surface area contributed by atoms with E-state index in [4.69, 9.17) is 4.74 Å². The summed E-state index contributed by atoms with van der Waals surface area (Å²) in [6.07, 6.45) is 9.52. The molecule has 1 amide bonds. The Morgan fingerprint density at radius 1 is 1.07 bits per heavy atom. The molecule has 30 heavy (non-hydrogen) atoms. The predicted octanol–water partition coefficient (Wildman–Crippen LogP) is 3.39. The zero-order valence-electron chi connectivity index (χ0n) is 17.8. The van der Waals surface area contributed by atoms with Crippen LogP contribution < -0.4 is 0 Å². The van der Waals surface area contributed by atoms with Crippen molar-refractivity contribution in [2.75, 3.05) is 26.7 Å². The summed E-state index contributed by atoms with van der Waals surface area (Å²) in [4.78, 5) is 22.6. The number of carbonyl (C=O) groups excluding carboxylic acids is 1. The molecule has 2 aromatic rings. The van der Waals surface area contributed by atoms with Crippen molar-refractivity contribution in [2.24, 2.45) is 0 Å². The number of nitrogens with zero attached hydrogens (tertiary/aromatic N) is 3. The van der Waals surface area contributed by atoms with Crippen LogP contribution in [0.4, 0.5) is 0 Å². The number of hydrogen-bond acceptors (Lipinski definition) is 4. The van der Waals surface area contributed by atoms with Crippen LogP contribution in [0.3, 0.4) is 0 Å². The van der Waals surface area contributed by atoms with Gasteiger partial charge in [0.25, 0.3) is 5.91 Å². The molecule has 1 unspecified atom stereocenters. The molecular weight excluding hydrogens is 374 g/mol. The maximum Gasteiger partial charge on any atom is 0.255 e. The summed E-state index contributed by atoms with van der Waals surface area (Å²) in [6.45, 7) is 2.65. The number of hydrogen-bond donors (Lipinski definition) is 0. The fourth-order valence-electron chi connectivity index (χ4n) is 5.74. The Kier molecular flexibility index (Phi) is 5.34. The minimum absolute atomic E-state index is 0.126. The fraction of sp³-hybridized carbons (Fsp3) is 0.520. The molecule has 2 aliphatic heterocycles. The van der Waals surface area contributed by atoms with Crippen molar-refractivity contribution in [3.63, 3.8) is 0 Å². The van der Waals surface area contributed by atoms with Crippen molar-refractivity contribution >= 4 is 5.91 Å². The lowest BCUT2D eigenvalue weighted by atomic mass is 9.88. The molecule has 1 aromatic heterocycles. The van der Waals surface area contributed by atoms with Gasteiger partial charge in [0, 0.05) is 45.2 Å². The number of fused-ring (bicyclic) bond motifs is 1. The molecule has 0 radical (unpaired) electrons. The van der Waals surface area contributed by atoms with Crippen LogP contribution in [0.5, 0.6) is 0 Å². The van der Waals surface area contributed by atoms with Gasteiger partial charge in [-0.15, -0.1) is 0 Å². The third-order valence-electron chi connectivity index (χ3n) is 7.51. The van der Waals surface area contributed by atoms with E-state index in [1.165, 1.54) is 11.1 Å². The highest BCUT2D eigenvalue weighted by atomic mass is 16.5. The second kappa shape index (κ2) is 8.12. The molecule has 5 heteroatoms. The Labute approximate surface area is 179 Å². The first-order chi connectivity index (χ1) is 14.7. The molecule has 1 aromatic carbocycles. The van der Waals surface area contributed by atoms with E-state index < -0.39 is 5.60 Å². The van der Waals surface area contributed by atoms with Gasteiger partial charge in [0.2, 0.25) is 0 Å². The Morgan fingerprint density at radius 3 is 2.43 bits per heavy atom. The van der Waals surface area contributed by atoms with E-state index in [1.807, 2.05) is 12.3 Å². The summed E-state index contributed by atoms with van der Waals surface area (Å²) in [6, 6.07) is 13.5. The van der Waals surface area contributed by atoms with E-state index >= 15 is 0 Å².